The average molecular weight is 292 g/mol. The zero-order valence-corrected chi connectivity index (χ0v) is 11.8. The fourth-order valence-corrected chi connectivity index (χ4v) is 2.33. The Bertz CT molecular complexity index is 518. The molecule has 0 saturated heterocycles. The van der Waals surface area contributed by atoms with Gasteiger partial charge in [0.05, 0.1) is 12.2 Å². The SMILES string of the molecule is NCCCCCC(=O)N1CC(C(=O)O)Oc2ccccc21. The third kappa shape index (κ3) is 3.72. The second-order valence-corrected chi connectivity index (χ2v) is 5.02. The maximum atomic E-state index is 12.3. The number of unbranched alkanes of at least 4 members (excludes halogenated alkanes) is 2. The number of carboxylic acids is 1. The van der Waals surface area contributed by atoms with Crippen LogP contribution in [0.15, 0.2) is 24.3 Å². The van der Waals surface area contributed by atoms with Gasteiger partial charge in [-0.25, -0.2) is 4.79 Å². The van der Waals surface area contributed by atoms with Crippen molar-refractivity contribution in [3.63, 3.8) is 0 Å². The van der Waals surface area contributed by atoms with Crippen molar-refractivity contribution in [1.29, 1.82) is 0 Å². The molecule has 0 aliphatic carbocycles. The molecule has 1 heterocycles. The van der Waals surface area contributed by atoms with E-state index in [9.17, 15) is 9.59 Å². The fourth-order valence-electron chi connectivity index (χ4n) is 2.33. The van der Waals surface area contributed by atoms with Gasteiger partial charge in [0.2, 0.25) is 12.0 Å². The number of carboxylic acid groups (broad SMARTS) is 1. The number of para-hydroxylation sites is 2. The molecule has 1 aromatic rings. The monoisotopic (exact) mass is 292 g/mol. The maximum absolute atomic E-state index is 12.3. The summed E-state index contributed by atoms with van der Waals surface area (Å²) in [5, 5.41) is 9.13. The van der Waals surface area contributed by atoms with Crippen LogP contribution in [0.5, 0.6) is 5.75 Å². The second kappa shape index (κ2) is 7.08. The van der Waals surface area contributed by atoms with E-state index in [4.69, 9.17) is 15.6 Å². The Kier molecular flexibility index (Phi) is 5.16. The zero-order chi connectivity index (χ0) is 15.2. The van der Waals surface area contributed by atoms with Crippen LogP contribution in [-0.4, -0.2) is 36.2 Å². The molecular weight excluding hydrogens is 272 g/mol. The smallest absolute Gasteiger partial charge is 0.346 e. The van der Waals surface area contributed by atoms with E-state index < -0.39 is 12.1 Å². The molecule has 1 atom stereocenters. The third-order valence-electron chi connectivity index (χ3n) is 3.44. The molecule has 1 aliphatic rings. The summed E-state index contributed by atoms with van der Waals surface area (Å²) in [6.07, 6.45) is 1.92. The number of benzene rings is 1. The summed E-state index contributed by atoms with van der Waals surface area (Å²) in [6.45, 7) is 0.664. The van der Waals surface area contributed by atoms with E-state index in [0.717, 1.165) is 19.3 Å². The van der Waals surface area contributed by atoms with Crippen molar-refractivity contribution in [1.82, 2.24) is 0 Å². The van der Waals surface area contributed by atoms with Crippen molar-refractivity contribution in [2.45, 2.75) is 31.8 Å². The molecule has 3 N–H and O–H groups in total. The van der Waals surface area contributed by atoms with E-state index >= 15 is 0 Å². The lowest BCUT2D eigenvalue weighted by molar-refractivity contribution is -0.145. The number of ether oxygens (including phenoxy) is 1. The summed E-state index contributed by atoms with van der Waals surface area (Å²) in [4.78, 5) is 25.0. The van der Waals surface area contributed by atoms with Crippen LogP contribution in [0.2, 0.25) is 0 Å². The lowest BCUT2D eigenvalue weighted by atomic mass is 10.1. The molecule has 1 aromatic carbocycles. The molecule has 6 heteroatoms. The zero-order valence-electron chi connectivity index (χ0n) is 11.8. The highest BCUT2D eigenvalue weighted by atomic mass is 16.5. The van der Waals surface area contributed by atoms with E-state index in [1.807, 2.05) is 0 Å². The predicted octanol–water partition coefficient (Wildman–Crippen LogP) is 1.38. The second-order valence-electron chi connectivity index (χ2n) is 5.02. The minimum absolute atomic E-state index is 0.0437. The Hall–Kier alpha value is -2.08. The number of carbonyl (C=O) groups excluding carboxylic acids is 1. The highest BCUT2D eigenvalue weighted by Crippen LogP contribution is 2.33. The normalized spacial score (nSPS) is 17.0. The minimum Gasteiger partial charge on any atom is -0.478 e. The van der Waals surface area contributed by atoms with Crippen LogP contribution in [0.3, 0.4) is 0 Å². The van der Waals surface area contributed by atoms with Gasteiger partial charge in [-0.3, -0.25) is 4.79 Å². The number of nitrogens with zero attached hydrogens (tertiary/aromatic N) is 1. The molecule has 0 radical (unpaired) electrons. The maximum Gasteiger partial charge on any atom is 0.346 e. The predicted molar refractivity (Wildman–Crippen MR) is 78.4 cm³/mol. The van der Waals surface area contributed by atoms with E-state index in [0.29, 0.717) is 24.4 Å². The minimum atomic E-state index is -1.06. The van der Waals surface area contributed by atoms with Gasteiger partial charge in [0.1, 0.15) is 5.75 Å². The topological polar surface area (TPSA) is 92.9 Å². The van der Waals surface area contributed by atoms with Gasteiger partial charge in [-0.2, -0.15) is 0 Å². The molecule has 0 fully saturated rings. The largest absolute Gasteiger partial charge is 0.478 e. The van der Waals surface area contributed by atoms with Crippen LogP contribution in [0, 0.1) is 0 Å². The van der Waals surface area contributed by atoms with Gasteiger partial charge in [-0.05, 0) is 31.5 Å². The molecule has 21 heavy (non-hydrogen) atoms. The Labute approximate surface area is 123 Å². The summed E-state index contributed by atoms with van der Waals surface area (Å²) in [5.41, 5.74) is 6.06. The van der Waals surface area contributed by atoms with Crippen LogP contribution in [0.25, 0.3) is 0 Å². The van der Waals surface area contributed by atoms with Gasteiger partial charge in [0.15, 0.2) is 0 Å². The molecule has 6 nitrogen and oxygen atoms in total. The quantitative estimate of drug-likeness (QED) is 0.773. The molecule has 0 aromatic heterocycles. The van der Waals surface area contributed by atoms with Gasteiger partial charge >= 0.3 is 5.97 Å². The fraction of sp³-hybridized carbons (Fsp3) is 0.467. The molecule has 1 aliphatic heterocycles. The Balaban J connectivity index is 2.09. The number of aliphatic carboxylic acids is 1. The summed E-state index contributed by atoms with van der Waals surface area (Å²) in [6, 6.07) is 7.01. The summed E-state index contributed by atoms with van der Waals surface area (Å²) >= 11 is 0. The Morgan fingerprint density at radius 3 is 2.76 bits per heavy atom. The number of nitrogens with two attached hydrogens (primary N) is 1. The summed E-state index contributed by atoms with van der Waals surface area (Å²) in [7, 11) is 0. The van der Waals surface area contributed by atoms with E-state index in [1.165, 1.54) is 4.90 Å². The molecule has 0 saturated carbocycles. The highest BCUT2D eigenvalue weighted by Gasteiger charge is 2.33. The molecule has 114 valence electrons. The van der Waals surface area contributed by atoms with Crippen molar-refractivity contribution in [3.8, 4) is 5.75 Å². The first-order valence-corrected chi connectivity index (χ1v) is 7.12. The van der Waals surface area contributed by atoms with Crippen LogP contribution < -0.4 is 15.4 Å². The molecule has 0 bridgehead atoms. The van der Waals surface area contributed by atoms with Gasteiger partial charge < -0.3 is 20.5 Å². The molecular formula is C15H20N2O4. The first-order chi connectivity index (χ1) is 10.1. The lowest BCUT2D eigenvalue weighted by Crippen LogP contribution is -2.47. The van der Waals surface area contributed by atoms with Crippen molar-refractivity contribution in [2.24, 2.45) is 5.73 Å². The van der Waals surface area contributed by atoms with Crippen molar-refractivity contribution < 1.29 is 19.4 Å². The van der Waals surface area contributed by atoms with Crippen LogP contribution in [0.1, 0.15) is 25.7 Å². The van der Waals surface area contributed by atoms with Crippen LogP contribution >= 0.6 is 0 Å². The number of carbonyl (C=O) groups is 2. The standard InChI is InChI=1S/C15H20N2O4/c16-9-5-1-2-8-14(18)17-10-13(15(19)20)21-12-7-4-3-6-11(12)17/h3-4,6-7,13H,1-2,5,8-10,16H2,(H,19,20). The molecule has 0 spiro atoms. The Morgan fingerprint density at radius 2 is 2.05 bits per heavy atom. The van der Waals surface area contributed by atoms with Gasteiger partial charge in [0, 0.05) is 6.42 Å². The Morgan fingerprint density at radius 1 is 1.29 bits per heavy atom. The number of rotatable bonds is 6. The van der Waals surface area contributed by atoms with Gasteiger partial charge in [-0.15, -0.1) is 0 Å². The summed E-state index contributed by atoms with van der Waals surface area (Å²) < 4.78 is 5.41. The number of hydrogen-bond acceptors (Lipinski definition) is 4. The van der Waals surface area contributed by atoms with E-state index in [1.54, 1.807) is 24.3 Å². The number of amides is 1. The lowest BCUT2D eigenvalue weighted by Gasteiger charge is -2.33. The number of hydrogen-bond donors (Lipinski definition) is 2. The molecule has 1 unspecified atom stereocenters. The van der Waals surface area contributed by atoms with Gasteiger partial charge in [-0.1, -0.05) is 18.6 Å². The first-order valence-electron chi connectivity index (χ1n) is 7.12. The molecule has 2 rings (SSSR count). The first kappa shape index (κ1) is 15.3. The van der Waals surface area contributed by atoms with E-state index in [-0.39, 0.29) is 12.5 Å². The summed E-state index contributed by atoms with van der Waals surface area (Å²) in [5.74, 6) is -0.703. The van der Waals surface area contributed by atoms with Crippen molar-refractivity contribution >= 4 is 17.6 Å². The van der Waals surface area contributed by atoms with Crippen molar-refractivity contribution in [2.75, 3.05) is 18.0 Å². The number of anilines is 1. The number of fused-ring (bicyclic) bond motifs is 1. The van der Waals surface area contributed by atoms with Crippen LogP contribution in [-0.2, 0) is 9.59 Å². The third-order valence-corrected chi connectivity index (χ3v) is 3.44. The van der Waals surface area contributed by atoms with Gasteiger partial charge in [0.25, 0.3) is 0 Å². The molecule has 1 amide bonds. The van der Waals surface area contributed by atoms with E-state index in [2.05, 4.69) is 0 Å². The average Bonchev–Trinajstić information content (AvgIpc) is 2.50. The highest BCUT2D eigenvalue weighted by molar-refractivity contribution is 5.96. The van der Waals surface area contributed by atoms with Crippen LogP contribution in [0.4, 0.5) is 5.69 Å². The van der Waals surface area contributed by atoms with Crippen molar-refractivity contribution in [3.05, 3.63) is 24.3 Å².